The number of aromatic amines is 1. The minimum atomic E-state index is -0.410. The van der Waals surface area contributed by atoms with E-state index in [-0.39, 0.29) is 23.4 Å². The first kappa shape index (κ1) is 19.3. The first-order valence-electron chi connectivity index (χ1n) is 9.02. The number of hydrogen-bond acceptors (Lipinski definition) is 3. The molecule has 0 radical (unpaired) electrons. The van der Waals surface area contributed by atoms with Crippen LogP contribution in [0.4, 0.5) is 24.9 Å². The molecule has 0 aliphatic heterocycles. The average molecular weight is 404 g/mol. The Morgan fingerprint density at radius 3 is 1.87 bits per heavy atom. The van der Waals surface area contributed by atoms with Gasteiger partial charge in [-0.2, -0.15) is 4.98 Å². The zero-order valence-electron chi connectivity index (χ0n) is 15.6. The molecular formula is C23H15F3N4. The number of H-pyrrole nitrogens is 1. The Labute approximate surface area is 170 Å². The fourth-order valence-electron chi connectivity index (χ4n) is 2.80. The summed E-state index contributed by atoms with van der Waals surface area (Å²) >= 11 is 0. The second-order valence-corrected chi connectivity index (χ2v) is 6.40. The van der Waals surface area contributed by atoms with Crippen LogP contribution in [0.2, 0.25) is 0 Å². The average Bonchev–Trinajstić information content (AvgIpc) is 3.14. The van der Waals surface area contributed by atoms with Gasteiger partial charge in [0, 0.05) is 18.0 Å². The van der Waals surface area contributed by atoms with Gasteiger partial charge in [-0.25, -0.2) is 23.2 Å². The van der Waals surface area contributed by atoms with Crippen molar-refractivity contribution in [3.8, 4) is 11.3 Å². The number of nitrogens with zero attached hydrogens (tertiary/aromatic N) is 3. The molecule has 0 saturated heterocycles. The van der Waals surface area contributed by atoms with Gasteiger partial charge < -0.3 is 4.98 Å². The molecule has 0 atom stereocenters. The predicted octanol–water partition coefficient (Wildman–Crippen LogP) is 6.00. The molecule has 4 aromatic rings. The molecule has 30 heavy (non-hydrogen) atoms. The number of rotatable bonds is 5. The maximum Gasteiger partial charge on any atom is 0.229 e. The summed E-state index contributed by atoms with van der Waals surface area (Å²) in [4.78, 5) is 15.9. The van der Waals surface area contributed by atoms with E-state index in [1.165, 1.54) is 48.8 Å². The van der Waals surface area contributed by atoms with Gasteiger partial charge in [-0.3, -0.25) is 0 Å². The zero-order valence-corrected chi connectivity index (χ0v) is 15.6. The van der Waals surface area contributed by atoms with Gasteiger partial charge in [0.05, 0.1) is 5.69 Å². The Balaban J connectivity index is 1.71. The molecule has 1 heterocycles. The van der Waals surface area contributed by atoms with Gasteiger partial charge in [0.1, 0.15) is 17.5 Å². The van der Waals surface area contributed by atoms with Crippen LogP contribution in [0.5, 0.6) is 0 Å². The normalized spacial score (nSPS) is 11.6. The Bertz CT molecular complexity index is 1240. The molecule has 0 fully saturated rings. The third-order valence-electron chi connectivity index (χ3n) is 4.15. The highest BCUT2D eigenvalue weighted by Crippen LogP contribution is 2.31. The number of nitrogens with one attached hydrogen (secondary N) is 1. The van der Waals surface area contributed by atoms with E-state index in [1.807, 2.05) is 0 Å². The Morgan fingerprint density at radius 2 is 1.27 bits per heavy atom. The molecule has 0 aliphatic carbocycles. The molecule has 0 unspecified atom stereocenters. The van der Waals surface area contributed by atoms with E-state index in [0.717, 1.165) is 0 Å². The van der Waals surface area contributed by atoms with Gasteiger partial charge in [0.15, 0.2) is 5.82 Å². The van der Waals surface area contributed by atoms with Gasteiger partial charge in [-0.1, -0.05) is 36.4 Å². The summed E-state index contributed by atoms with van der Waals surface area (Å²) < 4.78 is 40.5. The van der Waals surface area contributed by atoms with Crippen LogP contribution in [0, 0.1) is 17.5 Å². The van der Waals surface area contributed by atoms with Crippen molar-refractivity contribution in [2.45, 2.75) is 0 Å². The van der Waals surface area contributed by atoms with Crippen molar-refractivity contribution in [2.24, 2.45) is 9.98 Å². The quantitative estimate of drug-likeness (QED) is 0.408. The van der Waals surface area contributed by atoms with Crippen molar-refractivity contribution < 1.29 is 13.2 Å². The van der Waals surface area contributed by atoms with E-state index < -0.39 is 5.82 Å². The molecule has 0 aliphatic rings. The van der Waals surface area contributed by atoms with Crippen LogP contribution in [-0.2, 0) is 0 Å². The van der Waals surface area contributed by atoms with E-state index >= 15 is 0 Å². The molecule has 0 spiro atoms. The lowest BCUT2D eigenvalue weighted by atomic mass is 10.1. The number of halogens is 3. The SMILES string of the molecule is Fc1cccc(/C=N/c2nc(/N=C/c3cccc(F)c3)c(-c3cccc(F)c3)[nH]2)c1. The van der Waals surface area contributed by atoms with E-state index in [4.69, 9.17) is 0 Å². The molecule has 7 heteroatoms. The third kappa shape index (κ3) is 4.70. The molecule has 3 aromatic carbocycles. The highest BCUT2D eigenvalue weighted by Gasteiger charge is 2.12. The van der Waals surface area contributed by atoms with Crippen LogP contribution in [-0.4, -0.2) is 22.4 Å². The first-order valence-corrected chi connectivity index (χ1v) is 9.02. The summed E-state index contributed by atoms with van der Waals surface area (Å²) in [5.74, 6) is -0.695. The Hall–Kier alpha value is -4.00. The summed E-state index contributed by atoms with van der Waals surface area (Å²) in [7, 11) is 0. The summed E-state index contributed by atoms with van der Waals surface area (Å²) in [6.45, 7) is 0. The second kappa shape index (κ2) is 8.57. The minimum absolute atomic E-state index is 0.213. The lowest BCUT2D eigenvalue weighted by Gasteiger charge is -1.99. The number of aromatic nitrogens is 2. The number of hydrogen-bond donors (Lipinski definition) is 1. The van der Waals surface area contributed by atoms with Gasteiger partial charge in [0.25, 0.3) is 0 Å². The first-order chi connectivity index (χ1) is 14.6. The van der Waals surface area contributed by atoms with Crippen LogP contribution in [0.25, 0.3) is 11.3 Å². The molecule has 4 nitrogen and oxygen atoms in total. The molecule has 0 saturated carbocycles. The van der Waals surface area contributed by atoms with Crippen molar-refractivity contribution in [3.05, 3.63) is 101 Å². The highest BCUT2D eigenvalue weighted by atomic mass is 19.1. The summed E-state index contributed by atoms with van der Waals surface area (Å²) in [6.07, 6.45) is 2.92. The van der Waals surface area contributed by atoms with E-state index in [9.17, 15) is 13.2 Å². The molecule has 148 valence electrons. The van der Waals surface area contributed by atoms with E-state index in [0.29, 0.717) is 22.4 Å². The van der Waals surface area contributed by atoms with Crippen molar-refractivity contribution in [1.29, 1.82) is 0 Å². The van der Waals surface area contributed by atoms with Crippen LogP contribution in [0.1, 0.15) is 11.1 Å². The van der Waals surface area contributed by atoms with Crippen molar-refractivity contribution in [2.75, 3.05) is 0 Å². The maximum absolute atomic E-state index is 13.7. The Morgan fingerprint density at radius 1 is 0.700 bits per heavy atom. The highest BCUT2D eigenvalue weighted by molar-refractivity contribution is 5.85. The van der Waals surface area contributed by atoms with Crippen molar-refractivity contribution in [3.63, 3.8) is 0 Å². The summed E-state index contributed by atoms with van der Waals surface area (Å²) in [5, 5.41) is 0. The monoisotopic (exact) mass is 404 g/mol. The molecular weight excluding hydrogens is 389 g/mol. The smallest absolute Gasteiger partial charge is 0.229 e. The van der Waals surface area contributed by atoms with Crippen LogP contribution in [0.15, 0.2) is 82.8 Å². The molecule has 0 bridgehead atoms. The number of imidazole rings is 1. The third-order valence-corrected chi connectivity index (χ3v) is 4.15. The minimum Gasteiger partial charge on any atom is -0.320 e. The lowest BCUT2D eigenvalue weighted by molar-refractivity contribution is 0.627. The summed E-state index contributed by atoms with van der Waals surface area (Å²) in [6, 6.07) is 17.8. The topological polar surface area (TPSA) is 53.4 Å². The fourth-order valence-corrected chi connectivity index (χ4v) is 2.80. The predicted molar refractivity (Wildman–Crippen MR) is 111 cm³/mol. The van der Waals surface area contributed by atoms with Crippen molar-refractivity contribution in [1.82, 2.24) is 9.97 Å². The molecule has 1 aromatic heterocycles. The van der Waals surface area contributed by atoms with Gasteiger partial charge >= 0.3 is 0 Å². The molecule has 1 N–H and O–H groups in total. The molecule has 4 rings (SSSR count). The number of benzene rings is 3. The van der Waals surface area contributed by atoms with Gasteiger partial charge in [-0.05, 0) is 47.5 Å². The van der Waals surface area contributed by atoms with Crippen LogP contribution < -0.4 is 0 Å². The van der Waals surface area contributed by atoms with E-state index in [2.05, 4.69) is 20.0 Å². The maximum atomic E-state index is 13.7. The largest absolute Gasteiger partial charge is 0.320 e. The van der Waals surface area contributed by atoms with Crippen LogP contribution >= 0.6 is 0 Å². The second-order valence-electron chi connectivity index (χ2n) is 6.40. The fraction of sp³-hybridized carbons (Fsp3) is 0. The van der Waals surface area contributed by atoms with Crippen LogP contribution in [0.3, 0.4) is 0 Å². The van der Waals surface area contributed by atoms with Gasteiger partial charge in [0.2, 0.25) is 5.95 Å². The van der Waals surface area contributed by atoms with Gasteiger partial charge in [-0.15, -0.1) is 0 Å². The lowest BCUT2D eigenvalue weighted by Crippen LogP contribution is -1.84. The standard InChI is InChI=1S/C23H15F3N4/c24-18-7-1-4-15(10-18)13-27-22-21(17-6-3-9-20(26)12-17)29-23(30-22)28-14-16-5-2-8-19(25)11-16/h1-14H,(H,29,30)/b27-13+,28-14+. The summed E-state index contributed by atoms with van der Waals surface area (Å²) in [5.41, 5.74) is 2.09. The zero-order chi connectivity index (χ0) is 20.9. The van der Waals surface area contributed by atoms with E-state index in [1.54, 1.807) is 36.4 Å². The number of aliphatic imine (C=N–C) groups is 2. The van der Waals surface area contributed by atoms with Crippen molar-refractivity contribution >= 4 is 24.2 Å². The Kier molecular flexibility index (Phi) is 5.52. The molecule has 0 amide bonds.